The summed E-state index contributed by atoms with van der Waals surface area (Å²) in [6, 6.07) is 8.42. The number of hydrogen-bond acceptors (Lipinski definition) is 1. The van der Waals surface area contributed by atoms with E-state index in [1.165, 1.54) is 11.1 Å². The summed E-state index contributed by atoms with van der Waals surface area (Å²) < 4.78 is 0. The first-order chi connectivity index (χ1) is 7.38. The Balaban J connectivity index is 2.52. The predicted molar refractivity (Wildman–Crippen MR) is 66.6 cm³/mol. The Bertz CT molecular complexity index is 414. The molecule has 2 rings (SSSR count). The fourth-order valence-electron chi connectivity index (χ4n) is 2.74. The Morgan fingerprint density at radius 1 is 1.06 bits per heavy atom. The minimum atomic E-state index is -0.305. The Labute approximate surface area is 97.9 Å². The summed E-state index contributed by atoms with van der Waals surface area (Å²) in [6.45, 7) is 8.59. The highest BCUT2D eigenvalue weighted by Crippen LogP contribution is 2.51. The van der Waals surface area contributed by atoms with Gasteiger partial charge in [-0.05, 0) is 31.2 Å². The molecule has 1 nitrogen and oxygen atoms in total. The van der Waals surface area contributed by atoms with Crippen LogP contribution in [0.15, 0.2) is 24.3 Å². The molecule has 0 aliphatic heterocycles. The van der Waals surface area contributed by atoms with Crippen LogP contribution >= 0.6 is 0 Å². The number of carbonyl (C=O) groups excluding carboxylic acids is 1. The first kappa shape index (κ1) is 11.4. The van der Waals surface area contributed by atoms with Crippen molar-refractivity contribution in [1.82, 2.24) is 0 Å². The fraction of sp³-hybridized carbons (Fsp3) is 0.533. The largest absolute Gasteiger partial charge is 0.299 e. The van der Waals surface area contributed by atoms with E-state index >= 15 is 0 Å². The lowest BCUT2D eigenvalue weighted by molar-refractivity contribution is -0.123. The molecule has 0 radical (unpaired) electrons. The molecule has 1 aromatic rings. The van der Waals surface area contributed by atoms with Crippen LogP contribution < -0.4 is 0 Å². The number of carbonyl (C=O) groups is 1. The third-order valence-corrected chi connectivity index (χ3v) is 4.52. The summed E-state index contributed by atoms with van der Waals surface area (Å²) in [5.41, 5.74) is 2.18. The standard InChI is InChI=1S/C15H20O/c1-11-5-7-12(8-6-11)15(4)13(16)9-10-14(15,2)3/h5-8H,9-10H2,1-4H3. The third kappa shape index (κ3) is 1.41. The van der Waals surface area contributed by atoms with Crippen LogP contribution in [0.4, 0.5) is 0 Å². The molecule has 1 heteroatoms. The summed E-state index contributed by atoms with van der Waals surface area (Å²) in [4.78, 5) is 12.2. The van der Waals surface area contributed by atoms with Gasteiger partial charge in [0.15, 0.2) is 0 Å². The Morgan fingerprint density at radius 3 is 2.06 bits per heavy atom. The summed E-state index contributed by atoms with van der Waals surface area (Å²) in [5.74, 6) is 0.390. The van der Waals surface area contributed by atoms with Crippen molar-refractivity contribution < 1.29 is 4.79 Å². The van der Waals surface area contributed by atoms with Gasteiger partial charge in [0, 0.05) is 6.42 Å². The van der Waals surface area contributed by atoms with E-state index in [9.17, 15) is 4.79 Å². The minimum absolute atomic E-state index is 0.0688. The Hall–Kier alpha value is -1.11. The quantitative estimate of drug-likeness (QED) is 0.700. The third-order valence-electron chi connectivity index (χ3n) is 4.52. The molecule has 1 aliphatic rings. The molecule has 1 saturated carbocycles. The first-order valence-corrected chi connectivity index (χ1v) is 5.98. The van der Waals surface area contributed by atoms with Crippen LogP contribution in [0.5, 0.6) is 0 Å². The molecule has 86 valence electrons. The van der Waals surface area contributed by atoms with Crippen LogP contribution in [0.1, 0.15) is 44.7 Å². The maximum Gasteiger partial charge on any atom is 0.143 e. The Morgan fingerprint density at radius 2 is 1.62 bits per heavy atom. The van der Waals surface area contributed by atoms with Gasteiger partial charge in [-0.3, -0.25) is 4.79 Å². The molecule has 0 aromatic heterocycles. The molecule has 0 heterocycles. The average molecular weight is 216 g/mol. The lowest BCUT2D eigenvalue weighted by Crippen LogP contribution is -2.39. The van der Waals surface area contributed by atoms with Gasteiger partial charge in [-0.2, -0.15) is 0 Å². The highest BCUT2D eigenvalue weighted by Gasteiger charge is 2.52. The van der Waals surface area contributed by atoms with Crippen LogP contribution in [0.25, 0.3) is 0 Å². The van der Waals surface area contributed by atoms with Crippen molar-refractivity contribution in [2.45, 2.75) is 46.0 Å². The number of rotatable bonds is 1. The van der Waals surface area contributed by atoms with E-state index in [2.05, 4.69) is 52.0 Å². The van der Waals surface area contributed by atoms with Gasteiger partial charge in [0.2, 0.25) is 0 Å². The van der Waals surface area contributed by atoms with E-state index in [0.29, 0.717) is 5.78 Å². The number of Topliss-reactive ketones (excluding diaryl/α,β-unsaturated/α-hetero) is 1. The van der Waals surface area contributed by atoms with Crippen LogP contribution in [0.3, 0.4) is 0 Å². The molecule has 0 N–H and O–H groups in total. The molecule has 1 aromatic carbocycles. The summed E-state index contributed by atoms with van der Waals surface area (Å²) in [6.07, 6.45) is 1.72. The highest BCUT2D eigenvalue weighted by atomic mass is 16.1. The van der Waals surface area contributed by atoms with E-state index in [1.807, 2.05) is 0 Å². The van der Waals surface area contributed by atoms with E-state index in [4.69, 9.17) is 0 Å². The molecule has 1 unspecified atom stereocenters. The monoisotopic (exact) mass is 216 g/mol. The lowest BCUT2D eigenvalue weighted by atomic mass is 9.65. The van der Waals surface area contributed by atoms with Crippen molar-refractivity contribution >= 4 is 5.78 Å². The minimum Gasteiger partial charge on any atom is -0.299 e. The van der Waals surface area contributed by atoms with Gasteiger partial charge in [-0.25, -0.2) is 0 Å². The summed E-state index contributed by atoms with van der Waals surface area (Å²) in [5, 5.41) is 0. The highest BCUT2D eigenvalue weighted by molar-refractivity contribution is 5.93. The normalized spacial score (nSPS) is 28.4. The van der Waals surface area contributed by atoms with Crippen molar-refractivity contribution in [2.75, 3.05) is 0 Å². The van der Waals surface area contributed by atoms with Crippen LogP contribution in [-0.2, 0) is 10.2 Å². The number of ketones is 1. The summed E-state index contributed by atoms with van der Waals surface area (Å²) in [7, 11) is 0. The first-order valence-electron chi connectivity index (χ1n) is 5.98. The molecule has 1 aliphatic carbocycles. The van der Waals surface area contributed by atoms with Gasteiger partial charge in [0.25, 0.3) is 0 Å². The van der Waals surface area contributed by atoms with Gasteiger partial charge in [0.1, 0.15) is 5.78 Å². The van der Waals surface area contributed by atoms with Crippen molar-refractivity contribution in [3.63, 3.8) is 0 Å². The van der Waals surface area contributed by atoms with Gasteiger partial charge < -0.3 is 0 Å². The van der Waals surface area contributed by atoms with Crippen LogP contribution in [-0.4, -0.2) is 5.78 Å². The van der Waals surface area contributed by atoms with E-state index in [0.717, 1.165) is 12.8 Å². The maximum absolute atomic E-state index is 12.2. The fourth-order valence-corrected chi connectivity index (χ4v) is 2.74. The molecular formula is C15H20O. The molecule has 1 fully saturated rings. The molecule has 0 bridgehead atoms. The SMILES string of the molecule is Cc1ccc(C2(C)C(=O)CCC2(C)C)cc1. The second kappa shape index (κ2) is 3.44. The van der Waals surface area contributed by atoms with E-state index in [1.54, 1.807) is 0 Å². The zero-order valence-corrected chi connectivity index (χ0v) is 10.6. The molecule has 0 amide bonds. The van der Waals surface area contributed by atoms with Gasteiger partial charge in [-0.15, -0.1) is 0 Å². The molecule has 16 heavy (non-hydrogen) atoms. The smallest absolute Gasteiger partial charge is 0.143 e. The number of benzene rings is 1. The molecule has 1 atom stereocenters. The van der Waals surface area contributed by atoms with Crippen LogP contribution in [0.2, 0.25) is 0 Å². The topological polar surface area (TPSA) is 17.1 Å². The molecular weight excluding hydrogens is 196 g/mol. The van der Waals surface area contributed by atoms with E-state index < -0.39 is 0 Å². The molecule has 0 saturated heterocycles. The van der Waals surface area contributed by atoms with Crippen molar-refractivity contribution in [1.29, 1.82) is 0 Å². The predicted octanol–water partition coefficient (Wildman–Crippen LogP) is 3.64. The van der Waals surface area contributed by atoms with Crippen LogP contribution in [0, 0.1) is 12.3 Å². The zero-order valence-electron chi connectivity index (χ0n) is 10.6. The second-order valence-corrected chi connectivity index (χ2v) is 5.80. The summed E-state index contributed by atoms with van der Waals surface area (Å²) >= 11 is 0. The Kier molecular flexibility index (Phi) is 2.45. The number of aryl methyl sites for hydroxylation is 1. The average Bonchev–Trinajstić information content (AvgIpc) is 2.44. The van der Waals surface area contributed by atoms with Gasteiger partial charge >= 0.3 is 0 Å². The van der Waals surface area contributed by atoms with Gasteiger partial charge in [-0.1, -0.05) is 43.7 Å². The van der Waals surface area contributed by atoms with E-state index in [-0.39, 0.29) is 10.8 Å². The van der Waals surface area contributed by atoms with Crippen molar-refractivity contribution in [3.05, 3.63) is 35.4 Å². The van der Waals surface area contributed by atoms with Crippen molar-refractivity contribution in [3.8, 4) is 0 Å². The van der Waals surface area contributed by atoms with Gasteiger partial charge in [0.05, 0.1) is 5.41 Å². The zero-order chi connectivity index (χ0) is 12.0. The second-order valence-electron chi connectivity index (χ2n) is 5.80. The lowest BCUT2D eigenvalue weighted by Gasteiger charge is -2.37. The molecule has 0 spiro atoms. The number of hydrogen-bond donors (Lipinski definition) is 0. The van der Waals surface area contributed by atoms with Crippen molar-refractivity contribution in [2.24, 2.45) is 5.41 Å². The maximum atomic E-state index is 12.2.